The van der Waals surface area contributed by atoms with E-state index < -0.39 is 0 Å². The van der Waals surface area contributed by atoms with Crippen LogP contribution in [0, 0.1) is 0 Å². The fraction of sp³-hybridized carbons (Fsp3) is 0.344. The van der Waals surface area contributed by atoms with Gasteiger partial charge < -0.3 is 15.0 Å². The number of rotatable bonds is 10. The van der Waals surface area contributed by atoms with Gasteiger partial charge in [-0.1, -0.05) is 80.2 Å². The van der Waals surface area contributed by atoms with Crippen LogP contribution in [-0.4, -0.2) is 37.6 Å². The molecule has 0 aliphatic carbocycles. The molecule has 1 fully saturated rings. The number of allylic oxidation sites excluding steroid dienone is 1. The molecule has 1 amide bonds. The number of nitrogens with one attached hydrogen (secondary N) is 1. The van der Waals surface area contributed by atoms with E-state index in [-0.39, 0.29) is 11.3 Å². The van der Waals surface area contributed by atoms with Gasteiger partial charge in [0.15, 0.2) is 0 Å². The average Bonchev–Trinajstić information content (AvgIpc) is 2.94. The highest BCUT2D eigenvalue weighted by Crippen LogP contribution is 2.40. The molecule has 1 aliphatic rings. The second kappa shape index (κ2) is 11.9. The summed E-state index contributed by atoms with van der Waals surface area (Å²) in [6.45, 7) is 8.98. The maximum atomic E-state index is 13.1. The van der Waals surface area contributed by atoms with Crippen molar-refractivity contribution in [3.63, 3.8) is 0 Å². The van der Waals surface area contributed by atoms with Gasteiger partial charge >= 0.3 is 0 Å². The van der Waals surface area contributed by atoms with E-state index in [9.17, 15) is 4.79 Å². The van der Waals surface area contributed by atoms with Gasteiger partial charge in [0.1, 0.15) is 5.75 Å². The zero-order valence-electron chi connectivity index (χ0n) is 21.6. The topological polar surface area (TPSA) is 41.6 Å². The molecule has 0 bridgehead atoms. The molecule has 0 atom stereocenters. The lowest BCUT2D eigenvalue weighted by molar-refractivity contribution is -0.131. The Kier molecular flexibility index (Phi) is 8.48. The van der Waals surface area contributed by atoms with Crippen molar-refractivity contribution in [2.45, 2.75) is 44.4 Å². The Morgan fingerprint density at radius 2 is 1.64 bits per heavy atom. The van der Waals surface area contributed by atoms with E-state index in [1.807, 2.05) is 29.2 Å². The Morgan fingerprint density at radius 1 is 0.944 bits per heavy atom. The molecule has 0 radical (unpaired) electrons. The van der Waals surface area contributed by atoms with Crippen LogP contribution in [0.15, 0.2) is 91.1 Å². The Hall–Kier alpha value is -3.53. The molecular formula is C32H38N2O2. The summed E-state index contributed by atoms with van der Waals surface area (Å²) < 4.78 is 5.31. The minimum Gasteiger partial charge on any atom is -0.497 e. The van der Waals surface area contributed by atoms with Crippen molar-refractivity contribution in [1.82, 2.24) is 10.2 Å². The summed E-state index contributed by atoms with van der Waals surface area (Å²) in [5, 5.41) is 3.65. The summed E-state index contributed by atoms with van der Waals surface area (Å²) in [7, 11) is 1.65. The number of carbonyl (C=O) groups is 1. The molecule has 1 aliphatic heterocycles. The van der Waals surface area contributed by atoms with Crippen molar-refractivity contribution in [3.05, 3.63) is 113 Å². The van der Waals surface area contributed by atoms with Crippen molar-refractivity contribution < 1.29 is 9.53 Å². The summed E-state index contributed by atoms with van der Waals surface area (Å²) in [4.78, 5) is 15.1. The minimum atomic E-state index is -0.180. The number of ether oxygens (including phenoxy) is 1. The van der Waals surface area contributed by atoms with Gasteiger partial charge in [-0.3, -0.25) is 4.79 Å². The number of amides is 1. The molecule has 0 aromatic heterocycles. The quantitative estimate of drug-likeness (QED) is 0.403. The van der Waals surface area contributed by atoms with Crippen LogP contribution < -0.4 is 10.1 Å². The zero-order chi connectivity index (χ0) is 25.4. The molecule has 3 aromatic carbocycles. The van der Waals surface area contributed by atoms with E-state index in [0.29, 0.717) is 6.42 Å². The van der Waals surface area contributed by atoms with E-state index in [1.54, 1.807) is 7.11 Å². The van der Waals surface area contributed by atoms with Crippen molar-refractivity contribution in [2.24, 2.45) is 0 Å². The van der Waals surface area contributed by atoms with Crippen LogP contribution in [0.5, 0.6) is 5.75 Å². The molecular weight excluding hydrogens is 444 g/mol. The van der Waals surface area contributed by atoms with Gasteiger partial charge in [-0.15, -0.1) is 0 Å². The van der Waals surface area contributed by atoms with Crippen LogP contribution in [-0.2, 0) is 29.5 Å². The summed E-state index contributed by atoms with van der Waals surface area (Å²) in [5.74, 6) is 0.949. The molecule has 0 unspecified atom stereocenters. The number of hydrogen-bond acceptors (Lipinski definition) is 3. The number of aryl methyl sites for hydroxylation is 1. The fourth-order valence-corrected chi connectivity index (χ4v) is 5.20. The van der Waals surface area contributed by atoms with E-state index in [0.717, 1.165) is 62.3 Å². The van der Waals surface area contributed by atoms with E-state index >= 15 is 0 Å². The largest absolute Gasteiger partial charge is 0.497 e. The molecule has 4 nitrogen and oxygen atoms in total. The summed E-state index contributed by atoms with van der Waals surface area (Å²) >= 11 is 0. The van der Waals surface area contributed by atoms with Crippen LogP contribution in [0.3, 0.4) is 0 Å². The van der Waals surface area contributed by atoms with E-state index in [4.69, 9.17) is 4.74 Å². The SMILES string of the molecule is C=C(NCCc1ccc(CC)cc1)C1(c2ccccc2)CCN(C(=O)Cc2cccc(OC)c2)CC1. The van der Waals surface area contributed by atoms with E-state index in [2.05, 4.69) is 73.4 Å². The molecule has 0 spiro atoms. The van der Waals surface area contributed by atoms with Crippen molar-refractivity contribution in [3.8, 4) is 5.75 Å². The highest BCUT2D eigenvalue weighted by atomic mass is 16.5. The number of nitrogens with zero attached hydrogens (tertiary/aromatic N) is 1. The maximum Gasteiger partial charge on any atom is 0.226 e. The summed E-state index contributed by atoms with van der Waals surface area (Å²) in [6, 6.07) is 27.3. The number of likely N-dealkylation sites (tertiary alicyclic amines) is 1. The third-order valence-electron chi connectivity index (χ3n) is 7.55. The lowest BCUT2D eigenvalue weighted by atomic mass is 9.70. The van der Waals surface area contributed by atoms with Gasteiger partial charge in [0.05, 0.1) is 13.5 Å². The van der Waals surface area contributed by atoms with Gasteiger partial charge in [0, 0.05) is 30.7 Å². The number of methoxy groups -OCH3 is 1. The van der Waals surface area contributed by atoms with Gasteiger partial charge in [-0.05, 0) is 60.1 Å². The number of piperidine rings is 1. The Bertz CT molecular complexity index is 1150. The maximum absolute atomic E-state index is 13.1. The molecule has 4 heteroatoms. The third kappa shape index (κ3) is 5.99. The van der Waals surface area contributed by atoms with Crippen molar-refractivity contribution >= 4 is 5.91 Å². The first kappa shape index (κ1) is 25.6. The number of carbonyl (C=O) groups excluding carboxylic acids is 1. The third-order valence-corrected chi connectivity index (χ3v) is 7.55. The molecule has 4 rings (SSSR count). The van der Waals surface area contributed by atoms with Crippen LogP contribution in [0.25, 0.3) is 0 Å². The molecule has 36 heavy (non-hydrogen) atoms. The highest BCUT2D eigenvalue weighted by molar-refractivity contribution is 5.79. The molecule has 1 heterocycles. The molecule has 1 N–H and O–H groups in total. The van der Waals surface area contributed by atoms with Crippen LogP contribution in [0.1, 0.15) is 42.0 Å². The Morgan fingerprint density at radius 3 is 2.31 bits per heavy atom. The summed E-state index contributed by atoms with van der Waals surface area (Å²) in [5.41, 5.74) is 5.83. The predicted molar refractivity (Wildman–Crippen MR) is 147 cm³/mol. The van der Waals surface area contributed by atoms with Crippen LogP contribution >= 0.6 is 0 Å². The Labute approximate surface area is 216 Å². The fourth-order valence-electron chi connectivity index (χ4n) is 5.20. The molecule has 0 saturated carbocycles. The van der Waals surface area contributed by atoms with Crippen molar-refractivity contribution in [1.29, 1.82) is 0 Å². The summed E-state index contributed by atoms with van der Waals surface area (Å²) in [6.07, 6.45) is 4.13. The first-order valence-corrected chi connectivity index (χ1v) is 13.0. The van der Waals surface area contributed by atoms with E-state index in [1.165, 1.54) is 16.7 Å². The highest BCUT2D eigenvalue weighted by Gasteiger charge is 2.39. The smallest absolute Gasteiger partial charge is 0.226 e. The second-order valence-electron chi connectivity index (χ2n) is 9.68. The average molecular weight is 483 g/mol. The number of hydrogen-bond donors (Lipinski definition) is 1. The molecule has 188 valence electrons. The van der Waals surface area contributed by atoms with Gasteiger partial charge in [0.2, 0.25) is 5.91 Å². The first-order valence-electron chi connectivity index (χ1n) is 13.0. The monoisotopic (exact) mass is 482 g/mol. The second-order valence-corrected chi connectivity index (χ2v) is 9.68. The van der Waals surface area contributed by atoms with Gasteiger partial charge in [-0.2, -0.15) is 0 Å². The first-order chi connectivity index (χ1) is 17.5. The van der Waals surface area contributed by atoms with Crippen LogP contribution in [0.4, 0.5) is 0 Å². The minimum absolute atomic E-state index is 0.166. The zero-order valence-corrected chi connectivity index (χ0v) is 21.6. The lowest BCUT2D eigenvalue weighted by Crippen LogP contribution is -2.48. The van der Waals surface area contributed by atoms with Gasteiger partial charge in [0.25, 0.3) is 0 Å². The molecule has 3 aromatic rings. The van der Waals surface area contributed by atoms with Crippen LogP contribution in [0.2, 0.25) is 0 Å². The van der Waals surface area contributed by atoms with Crippen molar-refractivity contribution in [2.75, 3.05) is 26.7 Å². The normalized spacial score (nSPS) is 14.8. The predicted octanol–water partition coefficient (Wildman–Crippen LogP) is 5.71. The standard InChI is InChI=1S/C32H38N2O2/c1-4-26-13-15-27(16-14-26)17-20-33-25(2)32(29-10-6-5-7-11-29)18-21-34(22-19-32)31(35)24-28-9-8-12-30(23-28)36-3/h5-16,23,33H,2,4,17-22,24H2,1,3H3. The molecule has 1 saturated heterocycles. The van der Waals surface area contributed by atoms with Gasteiger partial charge in [-0.25, -0.2) is 0 Å². The number of benzene rings is 3. The lowest BCUT2D eigenvalue weighted by Gasteiger charge is -2.44. The Balaban J connectivity index is 1.40.